The van der Waals surface area contributed by atoms with Crippen LogP contribution >= 0.6 is 0 Å². The summed E-state index contributed by atoms with van der Waals surface area (Å²) in [5, 5.41) is 17.1. The highest BCUT2D eigenvalue weighted by Crippen LogP contribution is 2.35. The normalized spacial score (nSPS) is 43.7. The van der Waals surface area contributed by atoms with Crippen LogP contribution in [0.25, 0.3) is 0 Å². The Morgan fingerprint density at radius 1 is 1.30 bits per heavy atom. The average molecular weight is 280 g/mol. The van der Waals surface area contributed by atoms with Gasteiger partial charge in [-0.1, -0.05) is 13.3 Å². The van der Waals surface area contributed by atoms with E-state index in [9.17, 15) is 9.90 Å². The Balaban J connectivity index is 1.46. The van der Waals surface area contributed by atoms with Gasteiger partial charge in [-0.2, -0.15) is 0 Å². The van der Waals surface area contributed by atoms with Crippen molar-refractivity contribution in [3.63, 3.8) is 0 Å². The fourth-order valence-electron chi connectivity index (χ4n) is 4.30. The Bertz CT molecular complexity index is 363. The molecular weight excluding hydrogens is 252 g/mol. The summed E-state index contributed by atoms with van der Waals surface area (Å²) in [5.41, 5.74) is -0.660. The molecule has 2 saturated heterocycles. The first-order valence-electron chi connectivity index (χ1n) is 8.36. The predicted molar refractivity (Wildman–Crippen MR) is 78.3 cm³/mol. The van der Waals surface area contributed by atoms with Gasteiger partial charge in [-0.3, -0.25) is 4.79 Å². The predicted octanol–water partition coefficient (Wildman–Crippen LogP) is 1.57. The molecule has 1 saturated carbocycles. The summed E-state index contributed by atoms with van der Waals surface area (Å²) in [5.74, 6) is 1.04. The molecule has 20 heavy (non-hydrogen) atoms. The second-order valence-corrected chi connectivity index (χ2v) is 7.18. The van der Waals surface area contributed by atoms with Gasteiger partial charge in [0.05, 0.1) is 11.5 Å². The number of hydrogen-bond donors (Lipinski definition) is 3. The highest BCUT2D eigenvalue weighted by atomic mass is 16.3. The van der Waals surface area contributed by atoms with Crippen molar-refractivity contribution >= 4 is 5.91 Å². The third-order valence-electron chi connectivity index (χ3n) is 5.84. The van der Waals surface area contributed by atoms with E-state index in [-0.39, 0.29) is 11.8 Å². The van der Waals surface area contributed by atoms with Gasteiger partial charge >= 0.3 is 0 Å². The summed E-state index contributed by atoms with van der Waals surface area (Å²) in [4.78, 5) is 12.3. The number of aliphatic hydroxyl groups is 1. The molecule has 3 N–H and O–H groups in total. The first kappa shape index (κ1) is 14.3. The van der Waals surface area contributed by atoms with Crippen molar-refractivity contribution in [1.29, 1.82) is 0 Å². The highest BCUT2D eigenvalue weighted by Gasteiger charge is 2.43. The zero-order valence-corrected chi connectivity index (χ0v) is 12.5. The van der Waals surface area contributed by atoms with Gasteiger partial charge in [-0.15, -0.1) is 0 Å². The van der Waals surface area contributed by atoms with Gasteiger partial charge in [0.1, 0.15) is 0 Å². The zero-order valence-electron chi connectivity index (χ0n) is 12.5. The second-order valence-electron chi connectivity index (χ2n) is 7.18. The number of rotatable bonds is 4. The molecule has 4 nitrogen and oxygen atoms in total. The summed E-state index contributed by atoms with van der Waals surface area (Å²) in [7, 11) is 0. The third-order valence-corrected chi connectivity index (χ3v) is 5.84. The van der Waals surface area contributed by atoms with Gasteiger partial charge in [-0.25, -0.2) is 0 Å². The largest absolute Gasteiger partial charge is 0.388 e. The van der Waals surface area contributed by atoms with Crippen LogP contribution in [-0.4, -0.2) is 35.2 Å². The Kier molecular flexibility index (Phi) is 4.04. The number of amides is 1. The molecule has 3 fully saturated rings. The molecule has 2 bridgehead atoms. The standard InChI is InChI=1S/C16H28N2O2/c1-2-11-5-7-16(20,8-6-11)10-17-15(19)13-9-12-3-4-14(13)18-12/h11-14,18,20H,2-10H2,1H3,(H,17,19). The Hall–Kier alpha value is -0.610. The number of carbonyl (C=O) groups is 1. The van der Waals surface area contributed by atoms with Gasteiger partial charge in [0, 0.05) is 18.6 Å². The zero-order chi connectivity index (χ0) is 14.2. The third kappa shape index (κ3) is 2.86. The summed E-state index contributed by atoms with van der Waals surface area (Å²) < 4.78 is 0. The maximum Gasteiger partial charge on any atom is 0.224 e. The lowest BCUT2D eigenvalue weighted by Gasteiger charge is -2.36. The lowest BCUT2D eigenvalue weighted by molar-refractivity contribution is -0.127. The van der Waals surface area contributed by atoms with Crippen molar-refractivity contribution < 1.29 is 9.90 Å². The van der Waals surface area contributed by atoms with Crippen molar-refractivity contribution in [3.05, 3.63) is 0 Å². The van der Waals surface area contributed by atoms with Gasteiger partial charge in [0.15, 0.2) is 0 Å². The fraction of sp³-hybridized carbons (Fsp3) is 0.938. The number of carbonyl (C=O) groups excluding carboxylic acids is 1. The van der Waals surface area contributed by atoms with Crippen LogP contribution < -0.4 is 10.6 Å². The van der Waals surface area contributed by atoms with Gasteiger partial charge < -0.3 is 15.7 Å². The Morgan fingerprint density at radius 2 is 2.05 bits per heavy atom. The van der Waals surface area contributed by atoms with Crippen molar-refractivity contribution in [2.75, 3.05) is 6.54 Å². The van der Waals surface area contributed by atoms with E-state index in [2.05, 4.69) is 17.6 Å². The minimum absolute atomic E-state index is 0.129. The molecule has 1 amide bonds. The number of fused-ring (bicyclic) bond motifs is 2. The van der Waals surface area contributed by atoms with Crippen molar-refractivity contribution in [3.8, 4) is 0 Å². The minimum atomic E-state index is -0.660. The summed E-state index contributed by atoms with van der Waals surface area (Å²) >= 11 is 0. The van der Waals surface area contributed by atoms with E-state index >= 15 is 0 Å². The minimum Gasteiger partial charge on any atom is -0.388 e. The van der Waals surface area contributed by atoms with Crippen LogP contribution in [0.3, 0.4) is 0 Å². The van der Waals surface area contributed by atoms with E-state index in [0.717, 1.165) is 44.4 Å². The molecule has 2 aliphatic heterocycles. The Morgan fingerprint density at radius 3 is 2.60 bits per heavy atom. The molecule has 3 rings (SSSR count). The van der Waals surface area contributed by atoms with E-state index in [4.69, 9.17) is 0 Å². The van der Waals surface area contributed by atoms with Crippen LogP contribution in [0.5, 0.6) is 0 Å². The second kappa shape index (κ2) is 5.64. The average Bonchev–Trinajstić information content (AvgIpc) is 3.08. The van der Waals surface area contributed by atoms with E-state index in [0.29, 0.717) is 18.6 Å². The molecule has 3 unspecified atom stereocenters. The first-order valence-corrected chi connectivity index (χ1v) is 8.36. The van der Waals surface area contributed by atoms with E-state index < -0.39 is 5.60 Å². The van der Waals surface area contributed by atoms with E-state index in [1.165, 1.54) is 12.8 Å². The highest BCUT2D eigenvalue weighted by molar-refractivity contribution is 5.80. The van der Waals surface area contributed by atoms with E-state index in [1.54, 1.807) is 0 Å². The first-order chi connectivity index (χ1) is 9.59. The molecule has 114 valence electrons. The SMILES string of the molecule is CCC1CCC(O)(CNC(=O)C2CC3CCC2N3)CC1. The lowest BCUT2D eigenvalue weighted by atomic mass is 9.77. The monoisotopic (exact) mass is 280 g/mol. The quantitative estimate of drug-likeness (QED) is 0.732. The van der Waals surface area contributed by atoms with Crippen LogP contribution in [0.4, 0.5) is 0 Å². The maximum atomic E-state index is 12.3. The number of nitrogens with one attached hydrogen (secondary N) is 2. The van der Waals surface area contributed by atoms with Gasteiger partial charge in [0.2, 0.25) is 5.91 Å². The molecule has 0 aromatic heterocycles. The molecule has 1 aliphatic carbocycles. The smallest absolute Gasteiger partial charge is 0.224 e. The van der Waals surface area contributed by atoms with E-state index in [1.807, 2.05) is 0 Å². The van der Waals surface area contributed by atoms with Crippen molar-refractivity contribution in [1.82, 2.24) is 10.6 Å². The molecule has 3 atom stereocenters. The fourth-order valence-corrected chi connectivity index (χ4v) is 4.30. The Labute approximate surface area is 121 Å². The van der Waals surface area contributed by atoms with Crippen LogP contribution in [0, 0.1) is 11.8 Å². The van der Waals surface area contributed by atoms with Crippen molar-refractivity contribution in [2.24, 2.45) is 11.8 Å². The van der Waals surface area contributed by atoms with Crippen LogP contribution in [0.2, 0.25) is 0 Å². The molecule has 2 heterocycles. The van der Waals surface area contributed by atoms with Crippen LogP contribution in [-0.2, 0) is 4.79 Å². The molecule has 0 aromatic carbocycles. The molecule has 4 heteroatoms. The summed E-state index contributed by atoms with van der Waals surface area (Å²) in [6.45, 7) is 2.66. The molecule has 0 spiro atoms. The van der Waals surface area contributed by atoms with Gasteiger partial charge in [0.25, 0.3) is 0 Å². The summed E-state index contributed by atoms with van der Waals surface area (Å²) in [6, 6.07) is 0.935. The lowest BCUT2D eigenvalue weighted by Crippen LogP contribution is -2.48. The van der Waals surface area contributed by atoms with Crippen molar-refractivity contribution in [2.45, 2.75) is 76.0 Å². The van der Waals surface area contributed by atoms with Crippen LogP contribution in [0.1, 0.15) is 58.3 Å². The topological polar surface area (TPSA) is 61.4 Å². The summed E-state index contributed by atoms with van der Waals surface area (Å²) in [6.07, 6.45) is 8.40. The molecule has 0 radical (unpaired) electrons. The molecule has 3 aliphatic rings. The van der Waals surface area contributed by atoms with Gasteiger partial charge in [-0.05, 0) is 50.9 Å². The van der Waals surface area contributed by atoms with Crippen LogP contribution in [0.15, 0.2) is 0 Å². The number of hydrogen-bond acceptors (Lipinski definition) is 3. The molecule has 0 aromatic rings. The maximum absolute atomic E-state index is 12.3. The molecular formula is C16H28N2O2.